The van der Waals surface area contributed by atoms with Gasteiger partial charge in [-0.25, -0.2) is 0 Å². The van der Waals surface area contributed by atoms with Crippen LogP contribution in [0.2, 0.25) is 0 Å². The minimum atomic E-state index is -0.940. The fourth-order valence-corrected chi connectivity index (χ4v) is 1.48. The summed E-state index contributed by atoms with van der Waals surface area (Å²) >= 11 is 0. The molecule has 1 aromatic carbocycles. The number of carbonyl (C=O) groups is 1. The van der Waals surface area contributed by atoms with Gasteiger partial charge in [-0.05, 0) is 39.0 Å². The third kappa shape index (κ3) is 4.79. The summed E-state index contributed by atoms with van der Waals surface area (Å²) in [4.78, 5) is 11.9. The fraction of sp³-hybridized carbons (Fsp3) is 0.500. The van der Waals surface area contributed by atoms with Crippen LogP contribution in [0.5, 0.6) is 11.5 Å². The summed E-state index contributed by atoms with van der Waals surface area (Å²) in [5.41, 5.74) is -0.473. The lowest BCUT2D eigenvalue weighted by Crippen LogP contribution is -2.38. The highest BCUT2D eigenvalue weighted by molar-refractivity contribution is 5.94. The maximum atomic E-state index is 11.9. The van der Waals surface area contributed by atoms with Crippen LogP contribution in [0.4, 0.5) is 0 Å². The van der Waals surface area contributed by atoms with Crippen molar-refractivity contribution in [2.75, 3.05) is 20.3 Å². The maximum absolute atomic E-state index is 11.9. The van der Waals surface area contributed by atoms with Gasteiger partial charge in [-0.15, -0.1) is 0 Å². The number of rotatable bonds is 6. The van der Waals surface area contributed by atoms with Gasteiger partial charge in [-0.2, -0.15) is 0 Å². The Kier molecular flexibility index (Phi) is 5.18. The molecule has 0 spiro atoms. The van der Waals surface area contributed by atoms with E-state index in [1.54, 1.807) is 39.2 Å². The smallest absolute Gasteiger partial charge is 0.251 e. The number of amides is 1. The molecular formula is C14H21NO4. The Hall–Kier alpha value is -1.75. The molecule has 0 aromatic heterocycles. The van der Waals surface area contributed by atoms with Crippen molar-refractivity contribution in [3.63, 3.8) is 0 Å². The van der Waals surface area contributed by atoms with Crippen molar-refractivity contribution in [2.45, 2.75) is 26.4 Å². The van der Waals surface area contributed by atoms with Crippen LogP contribution in [0, 0.1) is 0 Å². The van der Waals surface area contributed by atoms with Crippen molar-refractivity contribution >= 4 is 5.91 Å². The van der Waals surface area contributed by atoms with E-state index in [4.69, 9.17) is 9.47 Å². The zero-order chi connectivity index (χ0) is 14.5. The van der Waals surface area contributed by atoms with Crippen LogP contribution in [0.3, 0.4) is 0 Å². The van der Waals surface area contributed by atoms with Crippen molar-refractivity contribution < 1.29 is 19.4 Å². The van der Waals surface area contributed by atoms with Crippen molar-refractivity contribution in [2.24, 2.45) is 0 Å². The molecule has 0 heterocycles. The molecule has 0 aliphatic rings. The molecule has 0 aliphatic heterocycles. The Balaban J connectivity index is 2.83. The molecule has 106 valence electrons. The molecule has 5 heteroatoms. The second kappa shape index (κ2) is 6.43. The Morgan fingerprint density at radius 1 is 1.37 bits per heavy atom. The standard InChI is InChI=1S/C14H21NO4/c1-5-19-12-8-10(6-7-11(12)18-4)13(16)15-9-14(2,3)17/h6-8,17H,5,9H2,1-4H3,(H,15,16). The number of ether oxygens (including phenoxy) is 2. The number of benzene rings is 1. The summed E-state index contributed by atoms with van der Waals surface area (Å²) in [6, 6.07) is 4.97. The van der Waals surface area contributed by atoms with Gasteiger partial charge in [0.1, 0.15) is 0 Å². The summed E-state index contributed by atoms with van der Waals surface area (Å²) < 4.78 is 10.6. The average Bonchev–Trinajstić information content (AvgIpc) is 2.35. The third-order valence-electron chi connectivity index (χ3n) is 2.41. The van der Waals surface area contributed by atoms with E-state index in [1.807, 2.05) is 6.92 Å². The molecule has 1 amide bonds. The zero-order valence-electron chi connectivity index (χ0n) is 11.8. The van der Waals surface area contributed by atoms with Gasteiger partial charge in [0, 0.05) is 12.1 Å². The van der Waals surface area contributed by atoms with Gasteiger partial charge >= 0.3 is 0 Å². The van der Waals surface area contributed by atoms with Crippen LogP contribution in [-0.2, 0) is 0 Å². The summed E-state index contributed by atoms with van der Waals surface area (Å²) in [5.74, 6) is 0.854. The van der Waals surface area contributed by atoms with E-state index in [0.717, 1.165) is 0 Å². The summed E-state index contributed by atoms with van der Waals surface area (Å²) in [6.45, 7) is 5.80. The number of carbonyl (C=O) groups excluding carboxylic acids is 1. The van der Waals surface area contributed by atoms with E-state index in [9.17, 15) is 9.90 Å². The van der Waals surface area contributed by atoms with E-state index in [2.05, 4.69) is 5.32 Å². The monoisotopic (exact) mass is 267 g/mol. The lowest BCUT2D eigenvalue weighted by Gasteiger charge is -2.18. The van der Waals surface area contributed by atoms with Crippen molar-refractivity contribution in [1.29, 1.82) is 0 Å². The summed E-state index contributed by atoms with van der Waals surface area (Å²) in [7, 11) is 1.55. The highest BCUT2D eigenvalue weighted by atomic mass is 16.5. The van der Waals surface area contributed by atoms with Crippen LogP contribution in [-0.4, -0.2) is 36.9 Å². The van der Waals surface area contributed by atoms with E-state index in [1.165, 1.54) is 0 Å². The van der Waals surface area contributed by atoms with E-state index >= 15 is 0 Å². The molecule has 0 fully saturated rings. The second-order valence-electron chi connectivity index (χ2n) is 4.79. The zero-order valence-corrected chi connectivity index (χ0v) is 11.8. The molecule has 1 aromatic rings. The van der Waals surface area contributed by atoms with Gasteiger partial charge in [0.05, 0.1) is 19.3 Å². The van der Waals surface area contributed by atoms with Gasteiger partial charge in [0.2, 0.25) is 0 Å². The predicted octanol–water partition coefficient (Wildman–Crippen LogP) is 1.59. The van der Waals surface area contributed by atoms with Gasteiger partial charge < -0.3 is 19.9 Å². The van der Waals surface area contributed by atoms with Crippen molar-refractivity contribution in [1.82, 2.24) is 5.32 Å². The molecule has 19 heavy (non-hydrogen) atoms. The minimum Gasteiger partial charge on any atom is -0.493 e. The van der Waals surface area contributed by atoms with Crippen LogP contribution < -0.4 is 14.8 Å². The van der Waals surface area contributed by atoms with Crippen molar-refractivity contribution in [3.05, 3.63) is 23.8 Å². The molecule has 0 unspecified atom stereocenters. The molecule has 0 saturated heterocycles. The Morgan fingerprint density at radius 2 is 2.05 bits per heavy atom. The van der Waals surface area contributed by atoms with Gasteiger partial charge in [0.15, 0.2) is 11.5 Å². The normalized spacial score (nSPS) is 11.0. The van der Waals surface area contributed by atoms with Gasteiger partial charge in [0.25, 0.3) is 5.91 Å². The maximum Gasteiger partial charge on any atom is 0.251 e. The van der Waals surface area contributed by atoms with Crippen molar-refractivity contribution in [3.8, 4) is 11.5 Å². The van der Waals surface area contributed by atoms with Crippen LogP contribution in [0.1, 0.15) is 31.1 Å². The topological polar surface area (TPSA) is 67.8 Å². The molecule has 2 N–H and O–H groups in total. The van der Waals surface area contributed by atoms with Crippen LogP contribution in [0.15, 0.2) is 18.2 Å². The highest BCUT2D eigenvalue weighted by Crippen LogP contribution is 2.27. The first-order valence-corrected chi connectivity index (χ1v) is 6.19. The van der Waals surface area contributed by atoms with E-state index in [0.29, 0.717) is 23.7 Å². The molecule has 0 radical (unpaired) electrons. The molecule has 1 rings (SSSR count). The predicted molar refractivity (Wildman–Crippen MR) is 72.8 cm³/mol. The first-order valence-electron chi connectivity index (χ1n) is 6.19. The molecule has 0 aliphatic carbocycles. The number of nitrogens with one attached hydrogen (secondary N) is 1. The fourth-order valence-electron chi connectivity index (χ4n) is 1.48. The molecule has 0 saturated carbocycles. The largest absolute Gasteiger partial charge is 0.493 e. The summed E-state index contributed by atoms with van der Waals surface area (Å²) in [6.07, 6.45) is 0. The highest BCUT2D eigenvalue weighted by Gasteiger charge is 2.16. The lowest BCUT2D eigenvalue weighted by molar-refractivity contribution is 0.0694. The first-order chi connectivity index (χ1) is 8.87. The van der Waals surface area contributed by atoms with Crippen LogP contribution in [0.25, 0.3) is 0 Å². The molecule has 5 nitrogen and oxygen atoms in total. The number of methoxy groups -OCH3 is 1. The summed E-state index contributed by atoms with van der Waals surface area (Å²) in [5, 5.41) is 12.2. The molecule has 0 atom stereocenters. The average molecular weight is 267 g/mol. The first kappa shape index (κ1) is 15.3. The molecule has 0 bridgehead atoms. The number of hydrogen-bond donors (Lipinski definition) is 2. The Morgan fingerprint density at radius 3 is 2.58 bits per heavy atom. The number of hydrogen-bond acceptors (Lipinski definition) is 4. The van der Waals surface area contributed by atoms with E-state index in [-0.39, 0.29) is 12.5 Å². The quantitative estimate of drug-likeness (QED) is 0.821. The van der Waals surface area contributed by atoms with Gasteiger partial charge in [-0.1, -0.05) is 0 Å². The SMILES string of the molecule is CCOc1cc(C(=O)NCC(C)(C)O)ccc1OC. The van der Waals surface area contributed by atoms with E-state index < -0.39 is 5.60 Å². The lowest BCUT2D eigenvalue weighted by atomic mass is 10.1. The van der Waals surface area contributed by atoms with Crippen LogP contribution >= 0.6 is 0 Å². The van der Waals surface area contributed by atoms with Gasteiger partial charge in [-0.3, -0.25) is 4.79 Å². The minimum absolute atomic E-state index is 0.182. The Bertz CT molecular complexity index is 438. The second-order valence-corrected chi connectivity index (χ2v) is 4.79. The number of aliphatic hydroxyl groups is 1. The Labute approximate surface area is 113 Å². The molecular weight excluding hydrogens is 246 g/mol. The third-order valence-corrected chi connectivity index (χ3v) is 2.41.